The van der Waals surface area contributed by atoms with Crippen molar-refractivity contribution in [2.45, 2.75) is 20.3 Å². The van der Waals surface area contributed by atoms with Crippen molar-refractivity contribution in [2.75, 3.05) is 16.5 Å². The van der Waals surface area contributed by atoms with Gasteiger partial charge >= 0.3 is 0 Å². The van der Waals surface area contributed by atoms with Crippen LogP contribution in [0, 0.1) is 6.92 Å². The van der Waals surface area contributed by atoms with E-state index in [1.54, 1.807) is 19.1 Å². The molecular formula is C12H15ClN2O2. The summed E-state index contributed by atoms with van der Waals surface area (Å²) in [5.41, 5.74) is 2.23. The summed E-state index contributed by atoms with van der Waals surface area (Å²) in [6.45, 7) is 3.65. The van der Waals surface area contributed by atoms with Gasteiger partial charge in [-0.1, -0.05) is 13.0 Å². The number of amides is 2. The van der Waals surface area contributed by atoms with Gasteiger partial charge in [-0.05, 0) is 24.6 Å². The highest BCUT2D eigenvalue weighted by molar-refractivity contribution is 6.29. The van der Waals surface area contributed by atoms with E-state index in [-0.39, 0.29) is 17.7 Å². The molecule has 92 valence electrons. The second kappa shape index (κ2) is 6.25. The number of benzene rings is 1. The van der Waals surface area contributed by atoms with Crippen LogP contribution in [0.3, 0.4) is 0 Å². The maximum Gasteiger partial charge on any atom is 0.239 e. The number of anilines is 2. The van der Waals surface area contributed by atoms with Gasteiger partial charge in [0.25, 0.3) is 0 Å². The Balaban J connectivity index is 2.86. The van der Waals surface area contributed by atoms with Gasteiger partial charge in [0.15, 0.2) is 0 Å². The van der Waals surface area contributed by atoms with Gasteiger partial charge in [0.1, 0.15) is 5.88 Å². The smallest absolute Gasteiger partial charge is 0.239 e. The predicted molar refractivity (Wildman–Crippen MR) is 69.4 cm³/mol. The molecule has 4 nitrogen and oxygen atoms in total. The zero-order chi connectivity index (χ0) is 12.8. The molecule has 0 unspecified atom stereocenters. The monoisotopic (exact) mass is 254 g/mol. The molecule has 1 rings (SSSR count). The SMILES string of the molecule is CCC(=O)Nc1ccc(C)c(NC(=O)CCl)c1. The fourth-order valence-electron chi connectivity index (χ4n) is 1.27. The van der Waals surface area contributed by atoms with Crippen LogP contribution in [0.15, 0.2) is 18.2 Å². The summed E-state index contributed by atoms with van der Waals surface area (Å²) in [5.74, 6) is -0.428. The number of aryl methyl sites for hydroxylation is 1. The Morgan fingerprint density at radius 3 is 2.53 bits per heavy atom. The summed E-state index contributed by atoms with van der Waals surface area (Å²) in [5, 5.41) is 5.40. The predicted octanol–water partition coefficient (Wildman–Crippen LogP) is 2.52. The van der Waals surface area contributed by atoms with Crippen LogP contribution in [0.2, 0.25) is 0 Å². The fraction of sp³-hybridized carbons (Fsp3) is 0.333. The first-order valence-electron chi connectivity index (χ1n) is 5.33. The third-order valence-corrected chi connectivity index (χ3v) is 2.48. The van der Waals surface area contributed by atoms with Gasteiger partial charge in [-0.25, -0.2) is 0 Å². The van der Waals surface area contributed by atoms with Crippen LogP contribution in [-0.4, -0.2) is 17.7 Å². The molecule has 5 heteroatoms. The Labute approximate surface area is 105 Å². The van der Waals surface area contributed by atoms with Gasteiger partial charge in [-0.2, -0.15) is 0 Å². The average molecular weight is 255 g/mol. The second-order valence-corrected chi connectivity index (χ2v) is 3.88. The van der Waals surface area contributed by atoms with E-state index in [1.807, 2.05) is 13.0 Å². The van der Waals surface area contributed by atoms with Crippen molar-refractivity contribution in [3.05, 3.63) is 23.8 Å². The molecule has 0 aliphatic carbocycles. The first kappa shape index (κ1) is 13.5. The number of halogens is 1. The largest absolute Gasteiger partial charge is 0.326 e. The number of rotatable bonds is 4. The molecule has 2 amide bonds. The standard InChI is InChI=1S/C12H15ClN2O2/c1-3-11(16)14-9-5-4-8(2)10(6-9)15-12(17)7-13/h4-6H,3,7H2,1-2H3,(H,14,16)(H,15,17). The Morgan fingerprint density at radius 1 is 1.24 bits per heavy atom. The highest BCUT2D eigenvalue weighted by Gasteiger charge is 2.05. The molecule has 17 heavy (non-hydrogen) atoms. The number of alkyl halides is 1. The first-order valence-corrected chi connectivity index (χ1v) is 5.86. The molecule has 2 N–H and O–H groups in total. The Bertz CT molecular complexity index is 433. The zero-order valence-corrected chi connectivity index (χ0v) is 10.6. The maximum atomic E-state index is 11.2. The summed E-state index contributed by atoms with van der Waals surface area (Å²) in [4.78, 5) is 22.4. The van der Waals surface area contributed by atoms with Crippen LogP contribution < -0.4 is 10.6 Å². The van der Waals surface area contributed by atoms with Gasteiger partial charge < -0.3 is 10.6 Å². The molecule has 0 saturated heterocycles. The molecule has 0 saturated carbocycles. The zero-order valence-electron chi connectivity index (χ0n) is 9.84. The third kappa shape index (κ3) is 4.07. The topological polar surface area (TPSA) is 58.2 Å². The highest BCUT2D eigenvalue weighted by atomic mass is 35.5. The van der Waals surface area contributed by atoms with E-state index in [9.17, 15) is 9.59 Å². The maximum absolute atomic E-state index is 11.2. The van der Waals surface area contributed by atoms with Crippen molar-refractivity contribution in [1.82, 2.24) is 0 Å². The lowest BCUT2D eigenvalue weighted by molar-refractivity contribution is -0.116. The Morgan fingerprint density at radius 2 is 1.94 bits per heavy atom. The van der Waals surface area contributed by atoms with Gasteiger partial charge in [0, 0.05) is 17.8 Å². The molecule has 0 radical (unpaired) electrons. The van der Waals surface area contributed by atoms with E-state index in [2.05, 4.69) is 10.6 Å². The molecule has 0 bridgehead atoms. The Kier molecular flexibility index (Phi) is 4.97. The minimum absolute atomic E-state index is 0.0662. The average Bonchev–Trinajstić information content (AvgIpc) is 2.33. The fourth-order valence-corrected chi connectivity index (χ4v) is 1.33. The summed E-state index contributed by atoms with van der Waals surface area (Å²) in [6.07, 6.45) is 0.414. The quantitative estimate of drug-likeness (QED) is 0.811. The van der Waals surface area contributed by atoms with E-state index >= 15 is 0 Å². The summed E-state index contributed by atoms with van der Waals surface area (Å²) in [6, 6.07) is 5.34. The lowest BCUT2D eigenvalue weighted by atomic mass is 10.1. The van der Waals surface area contributed by atoms with Crippen LogP contribution in [-0.2, 0) is 9.59 Å². The molecule has 0 atom stereocenters. The van der Waals surface area contributed by atoms with E-state index in [4.69, 9.17) is 11.6 Å². The van der Waals surface area contributed by atoms with E-state index < -0.39 is 0 Å². The van der Waals surface area contributed by atoms with Crippen LogP contribution >= 0.6 is 11.6 Å². The molecule has 0 heterocycles. The van der Waals surface area contributed by atoms with Crippen molar-refractivity contribution in [3.8, 4) is 0 Å². The molecule has 1 aromatic rings. The molecule has 0 spiro atoms. The minimum atomic E-state index is -0.270. The molecule has 0 aromatic heterocycles. The number of hydrogen-bond donors (Lipinski definition) is 2. The number of carbonyl (C=O) groups excluding carboxylic acids is 2. The number of hydrogen-bond acceptors (Lipinski definition) is 2. The van der Waals surface area contributed by atoms with E-state index in [0.717, 1.165) is 5.56 Å². The highest BCUT2D eigenvalue weighted by Crippen LogP contribution is 2.20. The van der Waals surface area contributed by atoms with Crippen LogP contribution in [0.4, 0.5) is 11.4 Å². The van der Waals surface area contributed by atoms with Crippen molar-refractivity contribution in [2.24, 2.45) is 0 Å². The number of nitrogens with one attached hydrogen (secondary N) is 2. The number of carbonyl (C=O) groups is 2. The van der Waals surface area contributed by atoms with Crippen molar-refractivity contribution >= 4 is 34.8 Å². The second-order valence-electron chi connectivity index (χ2n) is 3.61. The normalized spacial score (nSPS) is 9.82. The first-order chi connectivity index (χ1) is 8.06. The molecular weight excluding hydrogens is 240 g/mol. The minimum Gasteiger partial charge on any atom is -0.326 e. The van der Waals surface area contributed by atoms with Gasteiger partial charge in [-0.15, -0.1) is 11.6 Å². The molecule has 0 fully saturated rings. The van der Waals surface area contributed by atoms with Gasteiger partial charge in [-0.3, -0.25) is 9.59 Å². The third-order valence-electron chi connectivity index (χ3n) is 2.24. The summed E-state index contributed by atoms with van der Waals surface area (Å²) < 4.78 is 0. The van der Waals surface area contributed by atoms with E-state index in [0.29, 0.717) is 17.8 Å². The molecule has 1 aromatic carbocycles. The summed E-state index contributed by atoms with van der Waals surface area (Å²) >= 11 is 5.42. The van der Waals surface area contributed by atoms with Gasteiger partial charge in [0.05, 0.1) is 0 Å². The lowest BCUT2D eigenvalue weighted by Gasteiger charge is -2.10. The summed E-state index contributed by atoms with van der Waals surface area (Å²) in [7, 11) is 0. The van der Waals surface area contributed by atoms with Crippen molar-refractivity contribution in [3.63, 3.8) is 0 Å². The van der Waals surface area contributed by atoms with E-state index in [1.165, 1.54) is 0 Å². The molecule has 0 aliphatic heterocycles. The van der Waals surface area contributed by atoms with Crippen molar-refractivity contribution < 1.29 is 9.59 Å². The van der Waals surface area contributed by atoms with Crippen LogP contribution in [0.25, 0.3) is 0 Å². The Hall–Kier alpha value is -1.55. The van der Waals surface area contributed by atoms with Crippen LogP contribution in [0.1, 0.15) is 18.9 Å². The van der Waals surface area contributed by atoms with Crippen molar-refractivity contribution in [1.29, 1.82) is 0 Å². The van der Waals surface area contributed by atoms with Crippen LogP contribution in [0.5, 0.6) is 0 Å². The molecule has 0 aliphatic rings. The lowest BCUT2D eigenvalue weighted by Crippen LogP contribution is -2.14. The van der Waals surface area contributed by atoms with Gasteiger partial charge in [0.2, 0.25) is 11.8 Å².